The van der Waals surface area contributed by atoms with Crippen molar-refractivity contribution < 1.29 is 9.47 Å². The molecule has 2 heteroatoms. The molecule has 2 rings (SSSR count). The third kappa shape index (κ3) is 1.65. The molecule has 2 nitrogen and oxygen atoms in total. The Kier molecular flexibility index (Phi) is 2.20. The van der Waals surface area contributed by atoms with Crippen LogP contribution in [0.1, 0.15) is 32.6 Å². The van der Waals surface area contributed by atoms with Crippen molar-refractivity contribution in [3.63, 3.8) is 0 Å². The lowest BCUT2D eigenvalue weighted by Gasteiger charge is -2.41. The van der Waals surface area contributed by atoms with E-state index in [2.05, 4.69) is 19.6 Å². The molecule has 2 fully saturated rings. The summed E-state index contributed by atoms with van der Waals surface area (Å²) >= 11 is 0. The van der Waals surface area contributed by atoms with Gasteiger partial charge in [0.15, 0.2) is 5.79 Å². The van der Waals surface area contributed by atoms with E-state index in [4.69, 9.17) is 9.47 Å². The number of hydrogen-bond donors (Lipinski definition) is 0. The molecule has 1 saturated heterocycles. The van der Waals surface area contributed by atoms with Gasteiger partial charge in [0.05, 0.1) is 13.2 Å². The Morgan fingerprint density at radius 3 is 2.54 bits per heavy atom. The summed E-state index contributed by atoms with van der Waals surface area (Å²) in [5.41, 5.74) is 0.211. The number of allylic oxidation sites excluding steroid dienone is 1. The van der Waals surface area contributed by atoms with Gasteiger partial charge in [0.25, 0.3) is 0 Å². The molecule has 0 aromatic heterocycles. The Morgan fingerprint density at radius 2 is 1.92 bits per heavy atom. The molecule has 1 atom stereocenters. The van der Waals surface area contributed by atoms with Crippen LogP contribution in [0.3, 0.4) is 0 Å². The van der Waals surface area contributed by atoms with Gasteiger partial charge in [-0.25, -0.2) is 0 Å². The molecule has 0 N–H and O–H groups in total. The van der Waals surface area contributed by atoms with Gasteiger partial charge >= 0.3 is 0 Å². The number of ether oxygens (including phenoxy) is 2. The molecule has 0 radical (unpaired) electrons. The molecule has 1 aliphatic carbocycles. The summed E-state index contributed by atoms with van der Waals surface area (Å²) in [4.78, 5) is 0. The Labute approximate surface area is 79.9 Å². The van der Waals surface area contributed by atoms with E-state index in [-0.39, 0.29) is 11.2 Å². The molecule has 0 unspecified atom stereocenters. The predicted molar refractivity (Wildman–Crippen MR) is 51.4 cm³/mol. The van der Waals surface area contributed by atoms with Crippen LogP contribution < -0.4 is 0 Å². The number of rotatable bonds is 1. The van der Waals surface area contributed by atoms with Gasteiger partial charge < -0.3 is 9.47 Å². The molecule has 0 amide bonds. The van der Waals surface area contributed by atoms with E-state index in [1.165, 1.54) is 12.8 Å². The summed E-state index contributed by atoms with van der Waals surface area (Å²) in [7, 11) is 0. The summed E-state index contributed by atoms with van der Waals surface area (Å²) in [6.45, 7) is 7.66. The van der Waals surface area contributed by atoms with Crippen LogP contribution in [0.15, 0.2) is 12.7 Å². The first-order valence-electron chi connectivity index (χ1n) is 5.10. The van der Waals surface area contributed by atoms with Gasteiger partial charge in [-0.1, -0.05) is 13.0 Å². The highest BCUT2D eigenvalue weighted by Gasteiger charge is 2.44. The summed E-state index contributed by atoms with van der Waals surface area (Å²) in [6, 6.07) is 0. The zero-order chi connectivity index (χ0) is 9.36. The van der Waals surface area contributed by atoms with Crippen LogP contribution in [0.25, 0.3) is 0 Å². The average molecular weight is 182 g/mol. The maximum Gasteiger partial charge on any atom is 0.169 e. The molecule has 0 aromatic rings. The predicted octanol–water partition coefficient (Wildman–Crippen LogP) is 2.50. The molecule has 1 aliphatic heterocycles. The van der Waals surface area contributed by atoms with Crippen LogP contribution in [-0.2, 0) is 9.47 Å². The highest BCUT2D eigenvalue weighted by molar-refractivity contribution is 4.99. The van der Waals surface area contributed by atoms with Gasteiger partial charge in [0.2, 0.25) is 0 Å². The van der Waals surface area contributed by atoms with Crippen molar-refractivity contribution in [3.8, 4) is 0 Å². The average Bonchev–Trinajstić information content (AvgIpc) is 2.53. The zero-order valence-electron chi connectivity index (χ0n) is 8.34. The largest absolute Gasteiger partial charge is 0.348 e. The molecule has 1 saturated carbocycles. The molecule has 1 spiro atoms. The van der Waals surface area contributed by atoms with Gasteiger partial charge in [-0.15, -0.1) is 6.58 Å². The minimum absolute atomic E-state index is 0.211. The van der Waals surface area contributed by atoms with Crippen LogP contribution in [0.2, 0.25) is 0 Å². The molecule has 74 valence electrons. The van der Waals surface area contributed by atoms with Crippen molar-refractivity contribution in [2.75, 3.05) is 13.2 Å². The van der Waals surface area contributed by atoms with Crippen LogP contribution >= 0.6 is 0 Å². The maximum absolute atomic E-state index is 5.71. The van der Waals surface area contributed by atoms with Crippen molar-refractivity contribution >= 4 is 0 Å². The quantitative estimate of drug-likeness (QED) is 0.580. The lowest BCUT2D eigenvalue weighted by molar-refractivity contribution is -0.194. The van der Waals surface area contributed by atoms with Gasteiger partial charge in [-0.2, -0.15) is 0 Å². The fourth-order valence-corrected chi connectivity index (χ4v) is 2.47. The van der Waals surface area contributed by atoms with Crippen molar-refractivity contribution in [1.82, 2.24) is 0 Å². The van der Waals surface area contributed by atoms with E-state index in [0.717, 1.165) is 26.1 Å². The minimum Gasteiger partial charge on any atom is -0.348 e. The number of hydrogen-bond acceptors (Lipinski definition) is 2. The Bertz CT molecular complexity index is 206. The highest BCUT2D eigenvalue weighted by atomic mass is 16.7. The van der Waals surface area contributed by atoms with Crippen LogP contribution in [0.4, 0.5) is 0 Å². The lowest BCUT2D eigenvalue weighted by atomic mass is 9.73. The second-order valence-corrected chi connectivity index (χ2v) is 4.50. The smallest absolute Gasteiger partial charge is 0.169 e. The fraction of sp³-hybridized carbons (Fsp3) is 0.818. The lowest BCUT2D eigenvalue weighted by Crippen LogP contribution is -2.40. The first-order valence-corrected chi connectivity index (χ1v) is 5.10. The SMILES string of the molecule is C=C[C@]1(C)CCCC2(C1)OCCO2. The Balaban J connectivity index is 2.10. The van der Waals surface area contributed by atoms with Gasteiger partial charge in [0, 0.05) is 12.8 Å². The maximum atomic E-state index is 5.71. The zero-order valence-corrected chi connectivity index (χ0v) is 8.34. The summed E-state index contributed by atoms with van der Waals surface area (Å²) < 4.78 is 11.4. The fourth-order valence-electron chi connectivity index (χ4n) is 2.47. The van der Waals surface area contributed by atoms with E-state index in [1.807, 2.05) is 0 Å². The summed E-state index contributed by atoms with van der Waals surface area (Å²) in [6.07, 6.45) is 6.48. The Morgan fingerprint density at radius 1 is 1.23 bits per heavy atom. The van der Waals surface area contributed by atoms with Gasteiger partial charge in [-0.05, 0) is 18.3 Å². The van der Waals surface area contributed by atoms with Gasteiger partial charge in [-0.3, -0.25) is 0 Å². The van der Waals surface area contributed by atoms with Crippen LogP contribution in [0, 0.1) is 5.41 Å². The van der Waals surface area contributed by atoms with Gasteiger partial charge in [0.1, 0.15) is 0 Å². The molecule has 2 aliphatic rings. The highest BCUT2D eigenvalue weighted by Crippen LogP contribution is 2.45. The Hall–Kier alpha value is -0.340. The van der Waals surface area contributed by atoms with E-state index < -0.39 is 0 Å². The standard InChI is InChI=1S/C11H18O2/c1-3-10(2)5-4-6-11(9-10)12-7-8-13-11/h3H,1,4-9H2,2H3/t10-/m1/s1. The van der Waals surface area contributed by atoms with Crippen LogP contribution in [-0.4, -0.2) is 19.0 Å². The van der Waals surface area contributed by atoms with E-state index in [0.29, 0.717) is 0 Å². The second-order valence-electron chi connectivity index (χ2n) is 4.50. The van der Waals surface area contributed by atoms with Crippen molar-refractivity contribution in [2.24, 2.45) is 5.41 Å². The van der Waals surface area contributed by atoms with E-state index in [1.54, 1.807) is 0 Å². The minimum atomic E-state index is -0.263. The van der Waals surface area contributed by atoms with Crippen LogP contribution in [0.5, 0.6) is 0 Å². The first kappa shape index (κ1) is 9.22. The third-order valence-corrected chi connectivity index (χ3v) is 3.29. The molecule has 1 heterocycles. The topological polar surface area (TPSA) is 18.5 Å². The normalized spacial score (nSPS) is 37.9. The molecular weight excluding hydrogens is 164 g/mol. The summed E-state index contributed by atoms with van der Waals surface area (Å²) in [5.74, 6) is -0.263. The molecule has 13 heavy (non-hydrogen) atoms. The summed E-state index contributed by atoms with van der Waals surface area (Å²) in [5, 5.41) is 0. The first-order chi connectivity index (χ1) is 6.18. The van der Waals surface area contributed by atoms with Crippen molar-refractivity contribution in [1.29, 1.82) is 0 Å². The molecule has 0 bridgehead atoms. The monoisotopic (exact) mass is 182 g/mol. The van der Waals surface area contributed by atoms with Crippen molar-refractivity contribution in [3.05, 3.63) is 12.7 Å². The second kappa shape index (κ2) is 3.10. The molecular formula is C11H18O2. The van der Waals surface area contributed by atoms with E-state index in [9.17, 15) is 0 Å². The molecule has 0 aromatic carbocycles. The third-order valence-electron chi connectivity index (χ3n) is 3.29. The van der Waals surface area contributed by atoms with Crippen molar-refractivity contribution in [2.45, 2.75) is 38.4 Å². The van der Waals surface area contributed by atoms with E-state index >= 15 is 0 Å².